The van der Waals surface area contributed by atoms with Crippen molar-refractivity contribution >= 4 is 35.7 Å². The summed E-state index contributed by atoms with van der Waals surface area (Å²) in [6, 6.07) is 5.97. The van der Waals surface area contributed by atoms with Gasteiger partial charge in [-0.1, -0.05) is 0 Å². The van der Waals surface area contributed by atoms with Crippen molar-refractivity contribution in [3.8, 4) is 5.75 Å². The molecule has 0 fully saturated rings. The van der Waals surface area contributed by atoms with Gasteiger partial charge in [-0.25, -0.2) is 18.4 Å². The summed E-state index contributed by atoms with van der Waals surface area (Å²) in [4.78, 5) is 8.03. The molecular formula is C11H8BrClN2O3S. The Morgan fingerprint density at radius 3 is 2.53 bits per heavy atom. The summed E-state index contributed by atoms with van der Waals surface area (Å²) in [7, 11) is 1.50. The SMILES string of the molecule is O=S(=O)(Cl)c1ccc(OCc2ncccn2)c(Br)c1. The number of aromatic nitrogens is 2. The fourth-order valence-electron chi connectivity index (χ4n) is 1.30. The van der Waals surface area contributed by atoms with E-state index in [4.69, 9.17) is 15.4 Å². The van der Waals surface area contributed by atoms with Crippen LogP contribution in [-0.2, 0) is 15.7 Å². The second-order valence-corrected chi connectivity index (χ2v) is 6.90. The highest BCUT2D eigenvalue weighted by Crippen LogP contribution is 2.29. The highest BCUT2D eigenvalue weighted by atomic mass is 79.9. The van der Waals surface area contributed by atoms with Crippen molar-refractivity contribution in [3.63, 3.8) is 0 Å². The van der Waals surface area contributed by atoms with Gasteiger partial charge in [0.05, 0.1) is 9.37 Å². The van der Waals surface area contributed by atoms with E-state index in [9.17, 15) is 8.42 Å². The van der Waals surface area contributed by atoms with E-state index in [0.717, 1.165) is 0 Å². The Hall–Kier alpha value is -1.18. The molecule has 100 valence electrons. The summed E-state index contributed by atoms with van der Waals surface area (Å²) < 4.78 is 28.3. The standard InChI is InChI=1S/C11H8BrClN2O3S/c12-9-6-8(19(13,16)17)2-3-10(9)18-7-11-14-4-1-5-15-11/h1-6H,7H2. The third-order valence-corrected chi connectivity index (χ3v) is 4.13. The molecule has 0 amide bonds. The molecule has 0 saturated carbocycles. The minimum atomic E-state index is -3.75. The van der Waals surface area contributed by atoms with Crippen LogP contribution in [-0.4, -0.2) is 18.4 Å². The van der Waals surface area contributed by atoms with Gasteiger partial charge >= 0.3 is 0 Å². The molecule has 5 nitrogen and oxygen atoms in total. The van der Waals surface area contributed by atoms with E-state index in [1.54, 1.807) is 18.5 Å². The van der Waals surface area contributed by atoms with Crippen LogP contribution in [0.4, 0.5) is 0 Å². The summed E-state index contributed by atoms with van der Waals surface area (Å²) >= 11 is 3.22. The Morgan fingerprint density at radius 1 is 1.26 bits per heavy atom. The number of hydrogen-bond acceptors (Lipinski definition) is 5. The second kappa shape index (κ2) is 5.85. The molecule has 19 heavy (non-hydrogen) atoms. The first-order valence-corrected chi connectivity index (χ1v) is 8.20. The van der Waals surface area contributed by atoms with Crippen LogP contribution < -0.4 is 4.74 Å². The van der Waals surface area contributed by atoms with E-state index in [1.807, 2.05) is 0 Å². The molecule has 1 aromatic carbocycles. The summed E-state index contributed by atoms with van der Waals surface area (Å²) in [6.45, 7) is 0.187. The zero-order chi connectivity index (χ0) is 13.9. The van der Waals surface area contributed by atoms with E-state index >= 15 is 0 Å². The lowest BCUT2D eigenvalue weighted by Crippen LogP contribution is -2.01. The molecule has 0 unspecified atom stereocenters. The molecule has 0 N–H and O–H groups in total. The van der Waals surface area contributed by atoms with Crippen LogP contribution >= 0.6 is 26.6 Å². The van der Waals surface area contributed by atoms with Gasteiger partial charge in [-0.2, -0.15) is 0 Å². The zero-order valence-corrected chi connectivity index (χ0v) is 12.6. The van der Waals surface area contributed by atoms with Crippen molar-refractivity contribution in [2.24, 2.45) is 0 Å². The lowest BCUT2D eigenvalue weighted by molar-refractivity contribution is 0.293. The summed E-state index contributed by atoms with van der Waals surface area (Å²) in [5, 5.41) is 0. The maximum atomic E-state index is 11.2. The topological polar surface area (TPSA) is 69.2 Å². The third-order valence-electron chi connectivity index (χ3n) is 2.16. The normalized spacial score (nSPS) is 11.3. The van der Waals surface area contributed by atoms with E-state index in [0.29, 0.717) is 16.0 Å². The lowest BCUT2D eigenvalue weighted by atomic mass is 10.3. The van der Waals surface area contributed by atoms with Crippen LogP contribution in [0.5, 0.6) is 5.75 Å². The van der Waals surface area contributed by atoms with Gasteiger partial charge in [-0.3, -0.25) is 0 Å². The molecule has 1 heterocycles. The molecule has 2 rings (SSSR count). The van der Waals surface area contributed by atoms with Crippen LogP contribution in [0.15, 0.2) is 46.0 Å². The molecule has 0 aliphatic heterocycles. The molecule has 0 radical (unpaired) electrons. The number of halogens is 2. The molecule has 0 aliphatic rings. The smallest absolute Gasteiger partial charge is 0.261 e. The second-order valence-electron chi connectivity index (χ2n) is 3.48. The molecule has 2 aromatic rings. The van der Waals surface area contributed by atoms with Crippen LogP contribution in [0.25, 0.3) is 0 Å². The van der Waals surface area contributed by atoms with Crippen molar-refractivity contribution < 1.29 is 13.2 Å². The van der Waals surface area contributed by atoms with Gasteiger partial charge in [0.2, 0.25) is 0 Å². The average Bonchev–Trinajstić information content (AvgIpc) is 2.37. The van der Waals surface area contributed by atoms with Gasteiger partial charge in [-0.05, 0) is 40.2 Å². The van der Waals surface area contributed by atoms with Crippen LogP contribution in [0.3, 0.4) is 0 Å². The van der Waals surface area contributed by atoms with E-state index < -0.39 is 9.05 Å². The fourth-order valence-corrected chi connectivity index (χ4v) is 2.72. The maximum absolute atomic E-state index is 11.2. The molecule has 0 spiro atoms. The average molecular weight is 364 g/mol. The molecule has 8 heteroatoms. The third kappa shape index (κ3) is 3.89. The predicted molar refractivity (Wildman–Crippen MR) is 73.5 cm³/mol. The van der Waals surface area contributed by atoms with Crippen LogP contribution in [0, 0.1) is 0 Å². The van der Waals surface area contributed by atoms with Crippen molar-refractivity contribution in [2.75, 3.05) is 0 Å². The Balaban J connectivity index is 2.14. The first-order chi connectivity index (χ1) is 8.97. The van der Waals surface area contributed by atoms with Crippen molar-refractivity contribution in [3.05, 3.63) is 47.0 Å². The first-order valence-electron chi connectivity index (χ1n) is 5.10. The number of nitrogens with zero attached hydrogens (tertiary/aromatic N) is 2. The van der Waals surface area contributed by atoms with E-state index in [1.165, 1.54) is 18.2 Å². The largest absolute Gasteiger partial charge is 0.484 e. The van der Waals surface area contributed by atoms with Gasteiger partial charge in [-0.15, -0.1) is 0 Å². The fraction of sp³-hybridized carbons (Fsp3) is 0.0909. The molecule has 0 aliphatic carbocycles. The number of rotatable bonds is 4. The predicted octanol–water partition coefficient (Wildman–Crippen LogP) is 2.75. The van der Waals surface area contributed by atoms with E-state index in [2.05, 4.69) is 25.9 Å². The van der Waals surface area contributed by atoms with Gasteiger partial charge in [0, 0.05) is 23.1 Å². The Labute approximate surface area is 123 Å². The minimum absolute atomic E-state index is 0.00403. The lowest BCUT2D eigenvalue weighted by Gasteiger charge is -2.08. The monoisotopic (exact) mass is 362 g/mol. The molecule has 0 saturated heterocycles. The summed E-state index contributed by atoms with van der Waals surface area (Å²) in [5.41, 5.74) is 0. The van der Waals surface area contributed by atoms with Gasteiger partial charge in [0.1, 0.15) is 12.4 Å². The summed E-state index contributed by atoms with van der Waals surface area (Å²) in [5.74, 6) is 1.01. The number of ether oxygens (including phenoxy) is 1. The van der Waals surface area contributed by atoms with E-state index in [-0.39, 0.29) is 11.5 Å². The summed E-state index contributed by atoms with van der Waals surface area (Å²) in [6.07, 6.45) is 3.23. The van der Waals surface area contributed by atoms with Crippen molar-refractivity contribution in [1.29, 1.82) is 0 Å². The maximum Gasteiger partial charge on any atom is 0.261 e. The highest BCUT2D eigenvalue weighted by molar-refractivity contribution is 9.10. The molecule has 0 atom stereocenters. The Bertz CT molecular complexity index is 680. The molecular weight excluding hydrogens is 356 g/mol. The van der Waals surface area contributed by atoms with Gasteiger partial charge in [0.15, 0.2) is 5.82 Å². The van der Waals surface area contributed by atoms with Gasteiger partial charge in [0.25, 0.3) is 9.05 Å². The van der Waals surface area contributed by atoms with Crippen molar-refractivity contribution in [2.45, 2.75) is 11.5 Å². The van der Waals surface area contributed by atoms with Gasteiger partial charge < -0.3 is 4.74 Å². The number of hydrogen-bond donors (Lipinski definition) is 0. The Morgan fingerprint density at radius 2 is 1.95 bits per heavy atom. The minimum Gasteiger partial charge on any atom is -0.484 e. The van der Waals surface area contributed by atoms with Crippen molar-refractivity contribution in [1.82, 2.24) is 9.97 Å². The first kappa shape index (κ1) is 14.2. The quantitative estimate of drug-likeness (QED) is 0.781. The Kier molecular flexibility index (Phi) is 4.38. The molecule has 1 aromatic heterocycles. The van der Waals surface area contributed by atoms with Crippen LogP contribution in [0.2, 0.25) is 0 Å². The van der Waals surface area contributed by atoms with Crippen LogP contribution in [0.1, 0.15) is 5.82 Å². The highest BCUT2D eigenvalue weighted by Gasteiger charge is 2.12. The number of benzene rings is 1. The zero-order valence-electron chi connectivity index (χ0n) is 9.45. The molecule has 0 bridgehead atoms.